The number of aliphatic hydroxyl groups is 2. The number of rotatable bonds is 11. The van der Waals surface area contributed by atoms with E-state index in [2.05, 4.69) is 26.1 Å². The van der Waals surface area contributed by atoms with Crippen molar-refractivity contribution in [2.45, 2.75) is 62.1 Å². The number of benzene rings is 6. The summed E-state index contributed by atoms with van der Waals surface area (Å²) in [7, 11) is 0. The number of halogens is 7. The van der Waals surface area contributed by atoms with Crippen molar-refractivity contribution in [3.8, 4) is 0 Å². The molecule has 2 saturated heterocycles. The van der Waals surface area contributed by atoms with Gasteiger partial charge in [0.2, 0.25) is 0 Å². The van der Waals surface area contributed by atoms with Crippen LogP contribution < -0.4 is 5.32 Å². The van der Waals surface area contributed by atoms with Crippen LogP contribution in [-0.4, -0.2) is 53.2 Å². The van der Waals surface area contributed by atoms with Gasteiger partial charge in [-0.1, -0.05) is 162 Å². The molecule has 2 heterocycles. The molecule has 0 bridgehead atoms. The van der Waals surface area contributed by atoms with Crippen molar-refractivity contribution in [2.75, 3.05) is 38.1 Å². The second kappa shape index (κ2) is 23.1. The molecule has 3 N–H and O–H groups in total. The maximum Gasteiger partial charge on any atom is 0.416 e. The minimum Gasteiger partial charge on any atom is -0.380 e. The summed E-state index contributed by atoms with van der Waals surface area (Å²) in [6.45, 7) is 4.47. The van der Waals surface area contributed by atoms with E-state index in [1.165, 1.54) is 12.1 Å². The molecule has 0 radical (unpaired) electrons. The number of nitrogens with zero attached hydrogens (tertiary/aromatic N) is 1. The van der Waals surface area contributed by atoms with Gasteiger partial charge >= 0.3 is 12.4 Å². The number of likely N-dealkylation sites (tertiary alicyclic amines) is 1. The Bertz CT molecular complexity index is 2190. The largest absolute Gasteiger partial charge is 0.416 e. The molecule has 0 spiro atoms. The van der Waals surface area contributed by atoms with Crippen molar-refractivity contribution < 1.29 is 36.6 Å². The van der Waals surface area contributed by atoms with E-state index in [0.717, 1.165) is 128 Å². The Morgan fingerprint density at radius 1 is 0.446 bits per heavy atom. The van der Waals surface area contributed by atoms with Crippen molar-refractivity contribution in [1.82, 2.24) is 10.2 Å². The topological polar surface area (TPSA) is 55.7 Å². The molecule has 344 valence electrons. The molecule has 0 atom stereocenters. The predicted molar refractivity (Wildman–Crippen MR) is 251 cm³/mol. The van der Waals surface area contributed by atoms with Crippen molar-refractivity contribution in [3.05, 3.63) is 214 Å². The quantitative estimate of drug-likeness (QED) is 0.0895. The average Bonchev–Trinajstić information content (AvgIpc) is 3.34. The monoisotopic (exact) mass is 958 g/mol. The predicted octanol–water partition coefficient (Wildman–Crippen LogP) is 12.5. The molecule has 8 rings (SSSR count). The van der Waals surface area contributed by atoms with Gasteiger partial charge in [-0.25, -0.2) is 0 Å². The Labute approximate surface area is 387 Å². The van der Waals surface area contributed by atoms with Crippen LogP contribution >= 0.6 is 15.9 Å². The van der Waals surface area contributed by atoms with Gasteiger partial charge in [0.1, 0.15) is 11.2 Å². The fourth-order valence-corrected chi connectivity index (χ4v) is 9.43. The van der Waals surface area contributed by atoms with E-state index in [-0.39, 0.29) is 11.8 Å². The van der Waals surface area contributed by atoms with Crippen LogP contribution in [-0.2, 0) is 36.4 Å². The van der Waals surface area contributed by atoms with Crippen molar-refractivity contribution in [2.24, 2.45) is 11.8 Å². The third kappa shape index (κ3) is 13.2. The molecule has 0 unspecified atom stereocenters. The van der Waals surface area contributed by atoms with Gasteiger partial charge in [0.05, 0.1) is 11.1 Å². The van der Waals surface area contributed by atoms with Crippen LogP contribution in [0.3, 0.4) is 0 Å². The van der Waals surface area contributed by atoms with Gasteiger partial charge in [-0.05, 0) is 134 Å². The highest BCUT2D eigenvalue weighted by atomic mass is 79.9. The van der Waals surface area contributed by atoms with Crippen LogP contribution in [0.2, 0.25) is 0 Å². The number of hydrogen-bond donors (Lipinski definition) is 3. The molecule has 0 amide bonds. The van der Waals surface area contributed by atoms with Crippen LogP contribution in [0, 0.1) is 11.8 Å². The molecule has 2 fully saturated rings. The highest BCUT2D eigenvalue weighted by Gasteiger charge is 2.42. The number of piperidine rings is 2. The number of nitrogens with one attached hydrogen (secondary N) is 1. The second-order valence-electron chi connectivity index (χ2n) is 16.7. The molecular weight excluding hydrogens is 902 g/mol. The van der Waals surface area contributed by atoms with Gasteiger partial charge in [-0.3, -0.25) is 0 Å². The summed E-state index contributed by atoms with van der Waals surface area (Å²) in [5.74, 6) is 0.350. The van der Waals surface area contributed by atoms with Gasteiger partial charge in [0.15, 0.2) is 0 Å². The first-order valence-corrected chi connectivity index (χ1v) is 23.3. The highest BCUT2D eigenvalue weighted by Crippen LogP contribution is 2.43. The Morgan fingerprint density at radius 3 is 1.09 bits per heavy atom. The third-order valence-electron chi connectivity index (χ3n) is 12.6. The summed E-state index contributed by atoms with van der Waals surface area (Å²) >= 11 is 3.22. The van der Waals surface area contributed by atoms with Crippen LogP contribution in [0.4, 0.5) is 26.3 Å². The van der Waals surface area contributed by atoms with E-state index in [4.69, 9.17) is 0 Å². The molecule has 4 nitrogen and oxygen atoms in total. The van der Waals surface area contributed by atoms with E-state index in [9.17, 15) is 36.6 Å². The summed E-state index contributed by atoms with van der Waals surface area (Å²) in [4.78, 5) is 2.34. The number of alkyl halides is 7. The fourth-order valence-electron chi connectivity index (χ4n) is 8.98. The number of hydrogen-bond acceptors (Lipinski definition) is 4. The summed E-state index contributed by atoms with van der Waals surface area (Å²) in [6.07, 6.45) is -3.36. The van der Waals surface area contributed by atoms with E-state index in [0.29, 0.717) is 6.42 Å². The van der Waals surface area contributed by atoms with E-state index in [1.807, 2.05) is 121 Å². The molecule has 65 heavy (non-hydrogen) atoms. The molecule has 11 heteroatoms. The standard InChI is InChI=1S/C27H28F3NO.C18H21NO.C9H8BrF3/c28-27(29,30)25-13-11-21(12-14-25)15-18-31-19-16-24(17-20-31)26(32,22-7-3-1-4-8-22)23-9-5-2-6-10-23;20-18(15-7-3-1-4-8-15,16-9-5-2-6-10-16)17-11-13-19-14-12-17;10-6-5-7-1-3-8(4-2-7)9(11,12)13/h1-14,24,32H,15-20H2;1-10,17,19-20H,11-14H2;1-4H,5-6H2. The maximum atomic E-state index is 12.7. The van der Waals surface area contributed by atoms with E-state index in [1.54, 1.807) is 12.1 Å². The Morgan fingerprint density at radius 2 is 0.769 bits per heavy atom. The summed E-state index contributed by atoms with van der Waals surface area (Å²) < 4.78 is 74.5. The van der Waals surface area contributed by atoms with E-state index >= 15 is 0 Å². The number of aryl methyl sites for hydroxylation is 1. The zero-order chi connectivity index (χ0) is 46.3. The average molecular weight is 960 g/mol. The molecule has 0 aromatic heterocycles. The first-order valence-electron chi connectivity index (χ1n) is 22.2. The van der Waals surface area contributed by atoms with Crippen LogP contribution in [0.1, 0.15) is 70.2 Å². The lowest BCUT2D eigenvalue weighted by Gasteiger charge is -2.42. The fraction of sp³-hybridized carbons (Fsp3) is 0.333. The van der Waals surface area contributed by atoms with Crippen LogP contribution in [0.15, 0.2) is 170 Å². The molecular formula is C54H57BrF6N2O2. The Kier molecular flexibility index (Phi) is 17.6. The van der Waals surface area contributed by atoms with Crippen molar-refractivity contribution in [3.63, 3.8) is 0 Å². The molecule has 0 aliphatic carbocycles. The summed E-state index contributed by atoms with van der Waals surface area (Å²) in [6, 6.07) is 50.5. The van der Waals surface area contributed by atoms with Crippen molar-refractivity contribution in [1.29, 1.82) is 0 Å². The molecule has 6 aromatic carbocycles. The van der Waals surface area contributed by atoms with Crippen LogP contribution in [0.25, 0.3) is 0 Å². The zero-order valence-corrected chi connectivity index (χ0v) is 37.9. The summed E-state index contributed by atoms with van der Waals surface area (Å²) in [5.41, 5.74) is 2.51. The summed E-state index contributed by atoms with van der Waals surface area (Å²) in [5, 5.41) is 27.6. The highest BCUT2D eigenvalue weighted by molar-refractivity contribution is 9.09. The zero-order valence-electron chi connectivity index (χ0n) is 36.3. The minimum atomic E-state index is -4.30. The smallest absolute Gasteiger partial charge is 0.380 e. The lowest BCUT2D eigenvalue weighted by atomic mass is 9.72. The second-order valence-corrected chi connectivity index (χ2v) is 17.5. The molecule has 0 saturated carbocycles. The van der Waals surface area contributed by atoms with Crippen LogP contribution in [0.5, 0.6) is 0 Å². The van der Waals surface area contributed by atoms with Crippen molar-refractivity contribution >= 4 is 15.9 Å². The van der Waals surface area contributed by atoms with Gasteiger partial charge in [-0.15, -0.1) is 0 Å². The molecule has 2 aliphatic heterocycles. The van der Waals surface area contributed by atoms with Gasteiger partial charge < -0.3 is 20.4 Å². The maximum absolute atomic E-state index is 12.7. The normalized spacial score (nSPS) is 15.6. The van der Waals surface area contributed by atoms with E-state index < -0.39 is 34.7 Å². The third-order valence-corrected chi connectivity index (χ3v) is 13.0. The molecule has 6 aromatic rings. The Hall–Kier alpha value is -4.78. The lowest BCUT2D eigenvalue weighted by molar-refractivity contribution is -0.138. The first-order chi connectivity index (χ1) is 31.2. The van der Waals surface area contributed by atoms with Gasteiger partial charge in [0.25, 0.3) is 0 Å². The SMILES string of the molecule is FC(F)(F)c1ccc(CCBr)cc1.OC(c1ccccc1)(c1ccccc1)C1CCN(CCc2ccc(C(F)(F)F)cc2)CC1.OC(c1ccccc1)(c1ccccc1)C1CCNCC1. The lowest BCUT2D eigenvalue weighted by Crippen LogP contribution is -2.44. The Balaban J connectivity index is 0.000000180. The molecule has 2 aliphatic rings. The van der Waals surface area contributed by atoms with Gasteiger partial charge in [0, 0.05) is 11.9 Å². The van der Waals surface area contributed by atoms with Gasteiger partial charge in [-0.2, -0.15) is 26.3 Å². The minimum absolute atomic E-state index is 0.0922. The first kappa shape index (κ1) is 49.6.